The summed E-state index contributed by atoms with van der Waals surface area (Å²) in [6.07, 6.45) is 4.73. The summed E-state index contributed by atoms with van der Waals surface area (Å²) in [6.45, 7) is 5.88. The van der Waals surface area contributed by atoms with Gasteiger partial charge in [-0.15, -0.1) is 0 Å². The molecule has 7 nitrogen and oxygen atoms in total. The number of para-hydroxylation sites is 1. The van der Waals surface area contributed by atoms with Gasteiger partial charge in [-0.1, -0.05) is 103 Å². The Morgan fingerprint density at radius 3 is 2.08 bits per heavy atom. The summed E-state index contributed by atoms with van der Waals surface area (Å²) in [5.41, 5.74) is 5.81. The molecule has 0 radical (unpaired) electrons. The van der Waals surface area contributed by atoms with Gasteiger partial charge in [0.1, 0.15) is 11.6 Å². The molecule has 49 heavy (non-hydrogen) atoms. The molecule has 4 aromatic carbocycles. The zero-order chi connectivity index (χ0) is 34.6. The molecule has 7 heteroatoms. The fourth-order valence-corrected chi connectivity index (χ4v) is 6.07. The van der Waals surface area contributed by atoms with E-state index < -0.39 is 23.5 Å². The maximum atomic E-state index is 14.0. The highest BCUT2D eigenvalue weighted by Gasteiger charge is 2.29. The van der Waals surface area contributed by atoms with Crippen LogP contribution in [0.2, 0.25) is 0 Å². The molecular weight excluding hydrogens is 610 g/mol. The van der Waals surface area contributed by atoms with E-state index in [1.165, 1.54) is 0 Å². The second-order valence-corrected chi connectivity index (χ2v) is 13.6. The van der Waals surface area contributed by atoms with E-state index in [1.807, 2.05) is 99.8 Å². The minimum Gasteiger partial charge on any atom is -0.460 e. The molecule has 5 aromatic rings. The lowest BCUT2D eigenvalue weighted by molar-refractivity contribution is -0.157. The summed E-state index contributed by atoms with van der Waals surface area (Å²) >= 11 is 0. The standard InChI is InChI=1S/C42H47N3O4/c1-42(2,3)49-39(46)28-34(18-12-15-31-21-23-33(24-22-31)32-16-8-5-9-17-32)40(47)45-38(27-35-29-44-37-20-11-10-19-36(35)37)41(48)43-26-25-30-13-6-4-7-14-30/h4-11,13-14,16-17,19-24,29,34,38,44H,12,15,18,25-28H2,1-3H3,(H,43,48)(H,45,47). The first-order chi connectivity index (χ1) is 23.6. The van der Waals surface area contributed by atoms with Gasteiger partial charge in [0.15, 0.2) is 0 Å². The van der Waals surface area contributed by atoms with Crippen molar-refractivity contribution < 1.29 is 19.1 Å². The molecule has 2 amide bonds. The zero-order valence-corrected chi connectivity index (χ0v) is 28.7. The molecule has 0 aliphatic carbocycles. The molecule has 0 aliphatic heterocycles. The number of aryl methyl sites for hydroxylation is 1. The van der Waals surface area contributed by atoms with E-state index in [9.17, 15) is 14.4 Å². The van der Waals surface area contributed by atoms with E-state index in [-0.39, 0.29) is 18.2 Å². The van der Waals surface area contributed by atoms with Gasteiger partial charge < -0.3 is 20.4 Å². The van der Waals surface area contributed by atoms with E-state index in [1.54, 1.807) is 0 Å². The van der Waals surface area contributed by atoms with Gasteiger partial charge in [0.2, 0.25) is 11.8 Å². The number of amides is 2. The molecule has 0 fully saturated rings. The van der Waals surface area contributed by atoms with Crippen LogP contribution >= 0.6 is 0 Å². The minimum absolute atomic E-state index is 0.0640. The van der Waals surface area contributed by atoms with Crippen LogP contribution in [0.3, 0.4) is 0 Å². The summed E-state index contributed by atoms with van der Waals surface area (Å²) in [4.78, 5) is 43.9. The fraction of sp³-hybridized carbons (Fsp3) is 0.310. The normalized spacial score (nSPS) is 12.6. The van der Waals surface area contributed by atoms with Crippen LogP contribution in [0.1, 0.15) is 56.7 Å². The van der Waals surface area contributed by atoms with Crippen molar-refractivity contribution in [2.75, 3.05) is 6.54 Å². The quantitative estimate of drug-likeness (QED) is 0.101. The average molecular weight is 658 g/mol. The Balaban J connectivity index is 1.28. The Morgan fingerprint density at radius 1 is 0.735 bits per heavy atom. The summed E-state index contributed by atoms with van der Waals surface area (Å²) < 4.78 is 5.62. The van der Waals surface area contributed by atoms with Crippen LogP contribution in [-0.2, 0) is 38.4 Å². The molecule has 0 aliphatic rings. The number of fused-ring (bicyclic) bond motifs is 1. The third-order valence-corrected chi connectivity index (χ3v) is 8.57. The Hall–Kier alpha value is -5.17. The molecule has 5 rings (SSSR count). The van der Waals surface area contributed by atoms with Crippen LogP contribution in [0.4, 0.5) is 0 Å². The average Bonchev–Trinajstić information content (AvgIpc) is 3.50. The van der Waals surface area contributed by atoms with E-state index >= 15 is 0 Å². The first-order valence-electron chi connectivity index (χ1n) is 17.2. The van der Waals surface area contributed by atoms with Crippen LogP contribution in [0.25, 0.3) is 22.0 Å². The van der Waals surface area contributed by atoms with E-state index in [0.717, 1.165) is 45.1 Å². The molecule has 1 heterocycles. The number of aromatic amines is 1. The van der Waals surface area contributed by atoms with Crippen molar-refractivity contribution in [3.05, 3.63) is 132 Å². The van der Waals surface area contributed by atoms with Gasteiger partial charge in [-0.25, -0.2) is 0 Å². The van der Waals surface area contributed by atoms with Crippen LogP contribution < -0.4 is 10.6 Å². The van der Waals surface area contributed by atoms with Crippen molar-refractivity contribution >= 4 is 28.7 Å². The monoisotopic (exact) mass is 657 g/mol. The second kappa shape index (κ2) is 16.8. The molecule has 1 aromatic heterocycles. The van der Waals surface area contributed by atoms with Gasteiger partial charge in [-0.3, -0.25) is 14.4 Å². The van der Waals surface area contributed by atoms with Crippen molar-refractivity contribution in [1.82, 2.24) is 15.6 Å². The highest BCUT2D eigenvalue weighted by atomic mass is 16.6. The number of hydrogen-bond acceptors (Lipinski definition) is 4. The molecule has 3 N–H and O–H groups in total. The van der Waals surface area contributed by atoms with Crippen LogP contribution in [-0.4, -0.2) is 41.0 Å². The maximum Gasteiger partial charge on any atom is 0.307 e. The van der Waals surface area contributed by atoms with Crippen molar-refractivity contribution in [3.8, 4) is 11.1 Å². The third-order valence-electron chi connectivity index (χ3n) is 8.57. The Morgan fingerprint density at radius 2 is 1.37 bits per heavy atom. The van der Waals surface area contributed by atoms with Crippen LogP contribution in [0.5, 0.6) is 0 Å². The van der Waals surface area contributed by atoms with E-state index in [2.05, 4.69) is 52.0 Å². The van der Waals surface area contributed by atoms with Crippen LogP contribution in [0, 0.1) is 5.92 Å². The van der Waals surface area contributed by atoms with Crippen molar-refractivity contribution in [2.24, 2.45) is 5.92 Å². The molecule has 0 bridgehead atoms. The lowest BCUT2D eigenvalue weighted by Gasteiger charge is -2.24. The summed E-state index contributed by atoms with van der Waals surface area (Å²) in [6, 6.07) is 35.7. The van der Waals surface area contributed by atoms with Crippen molar-refractivity contribution in [1.29, 1.82) is 0 Å². The number of nitrogens with one attached hydrogen (secondary N) is 3. The maximum absolute atomic E-state index is 14.0. The third kappa shape index (κ3) is 10.7. The number of benzene rings is 4. The summed E-state index contributed by atoms with van der Waals surface area (Å²) in [5, 5.41) is 7.07. The van der Waals surface area contributed by atoms with Gasteiger partial charge in [0, 0.05) is 36.0 Å². The van der Waals surface area contributed by atoms with E-state index in [0.29, 0.717) is 32.2 Å². The zero-order valence-electron chi connectivity index (χ0n) is 28.7. The van der Waals surface area contributed by atoms with Crippen LogP contribution in [0.15, 0.2) is 115 Å². The number of ether oxygens (including phenoxy) is 1. The Bertz CT molecular complexity index is 1810. The fourth-order valence-electron chi connectivity index (χ4n) is 6.07. The lowest BCUT2D eigenvalue weighted by atomic mass is 9.94. The molecule has 254 valence electrons. The second-order valence-electron chi connectivity index (χ2n) is 13.6. The molecule has 0 saturated carbocycles. The number of hydrogen-bond donors (Lipinski definition) is 3. The first-order valence-corrected chi connectivity index (χ1v) is 17.2. The molecule has 0 saturated heterocycles. The van der Waals surface area contributed by atoms with Crippen molar-refractivity contribution in [3.63, 3.8) is 0 Å². The number of esters is 1. The number of aromatic nitrogens is 1. The Labute approximate surface area is 289 Å². The Kier molecular flexibility index (Phi) is 12.0. The summed E-state index contributed by atoms with van der Waals surface area (Å²) in [7, 11) is 0. The van der Waals surface area contributed by atoms with Crippen molar-refractivity contribution in [2.45, 2.75) is 70.9 Å². The minimum atomic E-state index is -0.825. The highest BCUT2D eigenvalue weighted by Crippen LogP contribution is 2.23. The summed E-state index contributed by atoms with van der Waals surface area (Å²) in [5.74, 6) is -1.67. The number of carbonyl (C=O) groups is 3. The van der Waals surface area contributed by atoms with Gasteiger partial charge in [0.25, 0.3) is 0 Å². The first kappa shape index (κ1) is 35.1. The molecule has 2 unspecified atom stereocenters. The molecule has 0 spiro atoms. The van der Waals surface area contributed by atoms with E-state index in [4.69, 9.17) is 4.74 Å². The largest absolute Gasteiger partial charge is 0.460 e. The molecule has 2 atom stereocenters. The van der Waals surface area contributed by atoms with Gasteiger partial charge in [-0.2, -0.15) is 0 Å². The number of H-pyrrole nitrogens is 1. The lowest BCUT2D eigenvalue weighted by Crippen LogP contribution is -2.50. The van der Waals surface area contributed by atoms with Gasteiger partial charge in [-0.05, 0) is 80.3 Å². The topological polar surface area (TPSA) is 100 Å². The predicted octanol–water partition coefficient (Wildman–Crippen LogP) is 7.59. The van der Waals surface area contributed by atoms with Gasteiger partial charge in [0.05, 0.1) is 6.42 Å². The smallest absolute Gasteiger partial charge is 0.307 e. The van der Waals surface area contributed by atoms with Gasteiger partial charge >= 0.3 is 5.97 Å². The SMILES string of the molecule is CC(C)(C)OC(=O)CC(CCCc1ccc(-c2ccccc2)cc1)C(=O)NC(Cc1c[nH]c2ccccc12)C(=O)NCCc1ccccc1. The predicted molar refractivity (Wildman–Crippen MR) is 196 cm³/mol. The molecular formula is C42H47N3O4. The number of rotatable bonds is 15. The number of carbonyl (C=O) groups excluding carboxylic acids is 3. The highest BCUT2D eigenvalue weighted by molar-refractivity contribution is 5.91.